The predicted octanol–water partition coefficient (Wildman–Crippen LogP) is 0.692. The predicted molar refractivity (Wildman–Crippen MR) is 50.5 cm³/mol. The van der Waals surface area contributed by atoms with Crippen LogP contribution in [-0.2, 0) is 6.54 Å². The number of benzene rings is 1. The van der Waals surface area contributed by atoms with Gasteiger partial charge in [0, 0.05) is 5.56 Å². The summed E-state index contributed by atoms with van der Waals surface area (Å²) in [4.78, 5) is 0. The van der Waals surface area contributed by atoms with Crippen LogP contribution < -0.4 is 5.32 Å². The summed E-state index contributed by atoms with van der Waals surface area (Å²) in [6.07, 6.45) is 5.14. The molecule has 0 fully saturated rings. The average molecular weight is 160 g/mol. The van der Waals surface area contributed by atoms with Crippen LogP contribution in [0, 0.1) is 19.3 Å². The van der Waals surface area contributed by atoms with E-state index < -0.39 is 0 Å². The van der Waals surface area contributed by atoms with Crippen LogP contribution in [0.1, 0.15) is 11.1 Å². The summed E-state index contributed by atoms with van der Waals surface area (Å²) in [5, 5.41) is 2.12. The Kier molecular flexibility index (Phi) is 3.37. The molecule has 0 atom stereocenters. The first-order chi connectivity index (χ1) is 5.83. The van der Waals surface area contributed by atoms with Crippen molar-refractivity contribution in [2.24, 2.45) is 0 Å². The number of hydrogen-bond donors (Lipinski definition) is 1. The molecule has 1 aromatic rings. The van der Waals surface area contributed by atoms with E-state index in [4.69, 9.17) is 6.42 Å². The summed E-state index contributed by atoms with van der Waals surface area (Å²) in [5.74, 6) is 2.59. The molecule has 0 amide bonds. The Morgan fingerprint density at radius 1 is 1.33 bits per heavy atom. The molecular weight excluding hydrogens is 146 g/mol. The van der Waals surface area contributed by atoms with E-state index in [-0.39, 0.29) is 0 Å². The second-order valence-corrected chi connectivity index (χ2v) is 2.89. The van der Waals surface area contributed by atoms with Gasteiger partial charge in [-0.25, -0.2) is 0 Å². The molecule has 1 rings (SSSR count). The number of rotatable bonds is 3. The van der Waals surface area contributed by atoms with Gasteiger partial charge in [-0.3, -0.25) is 0 Å². The van der Waals surface area contributed by atoms with Crippen molar-refractivity contribution in [2.45, 2.75) is 13.5 Å². The van der Waals surface area contributed by atoms with Gasteiger partial charge in [-0.05, 0) is 12.8 Å². The van der Waals surface area contributed by atoms with Crippen molar-refractivity contribution in [1.29, 1.82) is 0 Å². The lowest BCUT2D eigenvalue weighted by Crippen LogP contribution is -2.82. The zero-order valence-electron chi connectivity index (χ0n) is 7.38. The highest BCUT2D eigenvalue weighted by molar-refractivity contribution is 5.20. The van der Waals surface area contributed by atoms with Crippen molar-refractivity contribution < 1.29 is 5.32 Å². The van der Waals surface area contributed by atoms with Crippen LogP contribution in [0.15, 0.2) is 24.3 Å². The summed E-state index contributed by atoms with van der Waals surface area (Å²) in [7, 11) is 0. The molecule has 2 N–H and O–H groups in total. The van der Waals surface area contributed by atoms with Crippen LogP contribution >= 0.6 is 0 Å². The summed E-state index contributed by atoms with van der Waals surface area (Å²) in [6.45, 7) is 3.83. The van der Waals surface area contributed by atoms with E-state index in [1.54, 1.807) is 0 Å². The molecule has 0 aliphatic heterocycles. The SMILES string of the molecule is C#CC[NH2+]Cc1ccc(C)cc1. The smallest absolute Gasteiger partial charge is 0.137 e. The van der Waals surface area contributed by atoms with Crippen LogP contribution in [0.5, 0.6) is 0 Å². The molecule has 12 heavy (non-hydrogen) atoms. The summed E-state index contributed by atoms with van der Waals surface area (Å²) in [5.41, 5.74) is 2.63. The van der Waals surface area contributed by atoms with Crippen LogP contribution in [0.25, 0.3) is 0 Å². The number of nitrogens with two attached hydrogens (primary N) is 1. The molecule has 1 nitrogen and oxygen atoms in total. The van der Waals surface area contributed by atoms with E-state index in [1.807, 2.05) is 0 Å². The fourth-order valence-electron chi connectivity index (χ4n) is 1.05. The lowest BCUT2D eigenvalue weighted by atomic mass is 10.1. The van der Waals surface area contributed by atoms with E-state index >= 15 is 0 Å². The molecule has 0 spiro atoms. The van der Waals surface area contributed by atoms with E-state index in [0.29, 0.717) is 0 Å². The molecule has 1 heteroatoms. The molecule has 0 aromatic heterocycles. The molecule has 62 valence electrons. The van der Waals surface area contributed by atoms with Gasteiger partial charge >= 0.3 is 0 Å². The minimum absolute atomic E-state index is 0.758. The molecule has 0 bridgehead atoms. The Balaban J connectivity index is 2.43. The first-order valence-corrected chi connectivity index (χ1v) is 4.13. The monoisotopic (exact) mass is 160 g/mol. The number of terminal acetylenes is 1. The molecule has 1 aromatic carbocycles. The Hall–Kier alpha value is -1.26. The molecule has 0 saturated heterocycles. The van der Waals surface area contributed by atoms with Crippen molar-refractivity contribution in [3.05, 3.63) is 35.4 Å². The van der Waals surface area contributed by atoms with Gasteiger partial charge in [0.15, 0.2) is 0 Å². The maximum atomic E-state index is 5.14. The van der Waals surface area contributed by atoms with Gasteiger partial charge in [-0.15, -0.1) is 6.42 Å². The Morgan fingerprint density at radius 2 is 2.00 bits per heavy atom. The standard InChI is InChI=1S/C11H13N/c1-3-8-12-9-11-6-4-10(2)5-7-11/h1,4-7,12H,8-9H2,2H3/p+1. The topological polar surface area (TPSA) is 16.6 Å². The normalized spacial score (nSPS) is 9.33. The minimum atomic E-state index is 0.758. The third-order valence-electron chi connectivity index (χ3n) is 1.76. The van der Waals surface area contributed by atoms with Crippen molar-refractivity contribution >= 4 is 0 Å². The fraction of sp³-hybridized carbons (Fsp3) is 0.273. The second-order valence-electron chi connectivity index (χ2n) is 2.89. The first kappa shape index (κ1) is 8.83. The maximum absolute atomic E-state index is 5.14. The van der Waals surface area contributed by atoms with Crippen LogP contribution in [-0.4, -0.2) is 6.54 Å². The van der Waals surface area contributed by atoms with Gasteiger partial charge in [-0.2, -0.15) is 0 Å². The van der Waals surface area contributed by atoms with Gasteiger partial charge in [-0.1, -0.05) is 29.8 Å². The van der Waals surface area contributed by atoms with Crippen molar-refractivity contribution in [3.8, 4) is 12.3 Å². The van der Waals surface area contributed by atoms with Crippen LogP contribution in [0.3, 0.4) is 0 Å². The molecule has 0 saturated carbocycles. The Labute approximate surface area is 73.8 Å². The lowest BCUT2D eigenvalue weighted by Gasteiger charge is -1.98. The Bertz CT molecular complexity index is 266. The van der Waals surface area contributed by atoms with Crippen LogP contribution in [0.4, 0.5) is 0 Å². The maximum Gasteiger partial charge on any atom is 0.137 e. The Morgan fingerprint density at radius 3 is 2.58 bits per heavy atom. The molecule has 0 unspecified atom stereocenters. The third kappa shape index (κ3) is 2.77. The van der Waals surface area contributed by atoms with Crippen molar-refractivity contribution in [3.63, 3.8) is 0 Å². The summed E-state index contributed by atoms with van der Waals surface area (Å²) >= 11 is 0. The van der Waals surface area contributed by atoms with E-state index in [2.05, 4.69) is 42.4 Å². The molecule has 0 aliphatic rings. The molecule has 0 radical (unpaired) electrons. The third-order valence-corrected chi connectivity index (χ3v) is 1.76. The highest BCUT2D eigenvalue weighted by Gasteiger charge is 1.92. The lowest BCUT2D eigenvalue weighted by molar-refractivity contribution is -0.660. The molecule has 0 aliphatic carbocycles. The van der Waals surface area contributed by atoms with Gasteiger partial charge in [0.1, 0.15) is 13.1 Å². The van der Waals surface area contributed by atoms with Gasteiger partial charge in [0.05, 0.1) is 0 Å². The highest BCUT2D eigenvalue weighted by atomic mass is 14.8. The fourth-order valence-corrected chi connectivity index (χ4v) is 1.05. The van der Waals surface area contributed by atoms with Gasteiger partial charge in [0.25, 0.3) is 0 Å². The van der Waals surface area contributed by atoms with Gasteiger partial charge < -0.3 is 5.32 Å². The highest BCUT2D eigenvalue weighted by Crippen LogP contribution is 2.00. The average Bonchev–Trinajstić information content (AvgIpc) is 2.09. The molecular formula is C11H14N+. The zero-order chi connectivity index (χ0) is 8.81. The van der Waals surface area contributed by atoms with Crippen molar-refractivity contribution in [2.75, 3.05) is 6.54 Å². The van der Waals surface area contributed by atoms with Gasteiger partial charge in [0.2, 0.25) is 0 Å². The number of hydrogen-bond acceptors (Lipinski definition) is 0. The largest absolute Gasteiger partial charge is 0.332 e. The zero-order valence-corrected chi connectivity index (χ0v) is 7.38. The summed E-state index contributed by atoms with van der Waals surface area (Å²) < 4.78 is 0. The number of quaternary nitrogens is 1. The number of aryl methyl sites for hydroxylation is 1. The first-order valence-electron chi connectivity index (χ1n) is 4.13. The van der Waals surface area contributed by atoms with E-state index in [0.717, 1.165) is 13.1 Å². The van der Waals surface area contributed by atoms with Crippen molar-refractivity contribution in [1.82, 2.24) is 0 Å². The molecule has 0 heterocycles. The second kappa shape index (κ2) is 4.58. The minimum Gasteiger partial charge on any atom is -0.332 e. The summed E-state index contributed by atoms with van der Waals surface area (Å²) in [6, 6.07) is 8.53. The quantitative estimate of drug-likeness (QED) is 0.495. The van der Waals surface area contributed by atoms with E-state index in [1.165, 1.54) is 11.1 Å². The van der Waals surface area contributed by atoms with E-state index in [9.17, 15) is 0 Å². The van der Waals surface area contributed by atoms with Crippen LogP contribution in [0.2, 0.25) is 0 Å².